The van der Waals surface area contributed by atoms with Gasteiger partial charge in [-0.1, -0.05) is 0 Å². The summed E-state index contributed by atoms with van der Waals surface area (Å²) in [6.07, 6.45) is 0. The fourth-order valence-corrected chi connectivity index (χ4v) is 0. The number of rotatable bonds is 0. The molecule has 0 fully saturated rings. The Labute approximate surface area is 68.2 Å². The maximum atomic E-state index is 0. The van der Waals surface area contributed by atoms with Crippen LogP contribution in [0.15, 0.2) is 0 Å². The fourth-order valence-electron chi connectivity index (χ4n) is 0. The molecule has 14 valence electrons. The van der Waals surface area contributed by atoms with E-state index in [1.54, 1.807) is 0 Å². The summed E-state index contributed by atoms with van der Waals surface area (Å²) in [6.45, 7) is 0. The molecule has 0 aliphatic carbocycles. The molecule has 0 amide bonds. The average Bonchev–Trinajstić information content (AvgIpc) is 0. The molecule has 0 rings (SSSR count). The molecule has 0 aromatic rings. The summed E-state index contributed by atoms with van der Waals surface area (Å²) in [6, 6.07) is 0. The second-order valence-electron chi connectivity index (χ2n) is 0. The van der Waals surface area contributed by atoms with Crippen molar-refractivity contribution in [3.05, 3.63) is 0 Å². The van der Waals surface area contributed by atoms with Gasteiger partial charge < -0.3 is 0 Å². The molecule has 10 radical (unpaired) electrons. The van der Waals surface area contributed by atoms with Crippen LogP contribution in [0.2, 0.25) is 0 Å². The van der Waals surface area contributed by atoms with E-state index in [9.17, 15) is 0 Å². The van der Waals surface area contributed by atoms with Gasteiger partial charge in [0.15, 0.2) is 0 Å². The van der Waals surface area contributed by atoms with Crippen LogP contribution in [-0.2, 0) is 0 Å². The molecule has 0 bridgehead atoms. The lowest BCUT2D eigenvalue weighted by molar-refractivity contribution is 5.75. The van der Waals surface area contributed by atoms with Crippen LogP contribution in [0.1, 0.15) is 0 Å². The van der Waals surface area contributed by atoms with Gasteiger partial charge in [0.2, 0.25) is 0 Å². The van der Waals surface area contributed by atoms with Crippen LogP contribution in [0, 0.1) is 0 Å². The summed E-state index contributed by atoms with van der Waals surface area (Å²) < 4.78 is 0. The summed E-state index contributed by atoms with van der Waals surface area (Å²) >= 11 is 0. The molecule has 0 aliphatic heterocycles. The zero-order chi connectivity index (χ0) is 0. The summed E-state index contributed by atoms with van der Waals surface area (Å²) in [5.41, 5.74) is 0. The molecular formula is H2Al2MgSi. The van der Waals surface area contributed by atoms with Crippen molar-refractivity contribution in [3.8, 4) is 0 Å². The van der Waals surface area contributed by atoms with Crippen molar-refractivity contribution in [1.82, 2.24) is 0 Å². The van der Waals surface area contributed by atoms with E-state index in [2.05, 4.69) is 0 Å². The van der Waals surface area contributed by atoms with Gasteiger partial charge in [0.05, 0.1) is 0 Å². The summed E-state index contributed by atoms with van der Waals surface area (Å²) in [5, 5.41) is 0. The standard InChI is InChI=1S/2Al.Mg.Si.2H. The molecule has 0 saturated carbocycles. The van der Waals surface area contributed by atoms with E-state index in [0.29, 0.717) is 0 Å². The van der Waals surface area contributed by atoms with Gasteiger partial charge in [-0.3, -0.25) is 0 Å². The molecule has 0 aromatic heterocycles. The highest BCUT2D eigenvalue weighted by atomic mass is 28.1. The van der Waals surface area contributed by atoms with Gasteiger partial charge in [0.1, 0.15) is 0 Å². The molecule has 0 aromatic carbocycles. The third-order valence-corrected chi connectivity index (χ3v) is 0. The molecule has 0 N–H and O–H groups in total. The van der Waals surface area contributed by atoms with Gasteiger partial charge in [0.25, 0.3) is 0 Å². The molecule has 0 spiro atoms. The molecule has 4 heteroatoms. The van der Waals surface area contributed by atoms with Crippen molar-refractivity contribution < 1.29 is 0 Å². The molecule has 0 atom stereocenters. The highest BCUT2D eigenvalue weighted by molar-refractivity contribution is 5.76. The van der Waals surface area contributed by atoms with Gasteiger partial charge in [-0.2, -0.15) is 0 Å². The minimum Gasteiger partial charge on any atom is 0 e. The van der Waals surface area contributed by atoms with Crippen LogP contribution in [0.3, 0.4) is 0 Å². The maximum Gasteiger partial charge on any atom is 0.316 e. The Bertz CT molecular complexity index is 6.00. The monoisotopic (exact) mass is 108 g/mol. The van der Waals surface area contributed by atoms with Gasteiger partial charge in [0, 0.05) is 45.7 Å². The second-order valence-corrected chi connectivity index (χ2v) is 0. The van der Waals surface area contributed by atoms with Crippen molar-refractivity contribution in [2.24, 2.45) is 0 Å². The van der Waals surface area contributed by atoms with Gasteiger partial charge in [-0.25, -0.2) is 0 Å². The van der Waals surface area contributed by atoms with E-state index in [-0.39, 0.29) is 68.7 Å². The molecule has 0 heterocycles. The summed E-state index contributed by atoms with van der Waals surface area (Å²) in [7, 11) is 0. The van der Waals surface area contributed by atoms with Crippen LogP contribution in [-0.4, -0.2) is 68.7 Å². The molecule has 0 saturated heterocycles. The highest BCUT2D eigenvalue weighted by Gasteiger charge is 0.316. The molecule has 0 unspecified atom stereocenters. The minimum absolute atomic E-state index is 0. The Morgan fingerprint density at radius 3 is 0.750 bits per heavy atom. The molecule has 0 aliphatic rings. The Balaban J connectivity index is 0. The first kappa shape index (κ1) is 36.7. The van der Waals surface area contributed by atoms with Crippen LogP contribution in [0.4, 0.5) is 0 Å². The Morgan fingerprint density at radius 1 is 0.750 bits per heavy atom. The topological polar surface area (TPSA) is 0 Å². The molecule has 4 heavy (non-hydrogen) atoms. The van der Waals surface area contributed by atoms with Crippen LogP contribution in [0.5, 0.6) is 0 Å². The Morgan fingerprint density at radius 2 is 0.750 bits per heavy atom. The summed E-state index contributed by atoms with van der Waals surface area (Å²) in [4.78, 5) is 0. The Hall–Kier alpha value is 2.05. The van der Waals surface area contributed by atoms with Crippen molar-refractivity contribution in [3.63, 3.8) is 0 Å². The molecular weight excluding hydrogens is 106 g/mol. The fraction of sp³-hybridized carbons (Fsp3) is 0. The minimum atomic E-state index is 0. The van der Waals surface area contributed by atoms with Gasteiger partial charge >= 0.3 is 23.1 Å². The largest absolute Gasteiger partial charge is 0.316 e. The highest BCUT2D eigenvalue weighted by Crippen LogP contribution is -0.378. The van der Waals surface area contributed by atoms with Crippen LogP contribution < -0.4 is 0 Å². The normalized spacial score (nSPS) is 0. The maximum absolute atomic E-state index is 0. The zero-order valence-electron chi connectivity index (χ0n) is 1.65. The van der Waals surface area contributed by atoms with E-state index in [1.807, 2.05) is 0 Å². The smallest absolute Gasteiger partial charge is 0 e. The van der Waals surface area contributed by atoms with Gasteiger partial charge in [-0.15, -0.1) is 0 Å². The lowest BCUT2D eigenvalue weighted by Gasteiger charge is -0.001000. The lowest BCUT2D eigenvalue weighted by atomic mass is 24.3. The molecule has 0 nitrogen and oxygen atoms in total. The number of hydrogen-bond acceptors (Lipinski definition) is 0. The van der Waals surface area contributed by atoms with Crippen molar-refractivity contribution in [2.75, 3.05) is 0 Å². The van der Waals surface area contributed by atoms with Crippen molar-refractivity contribution >= 4 is 68.7 Å². The van der Waals surface area contributed by atoms with Crippen molar-refractivity contribution in [2.45, 2.75) is 0 Å². The number of hydrogen-bond donors (Lipinski definition) is 0. The summed E-state index contributed by atoms with van der Waals surface area (Å²) in [5.74, 6) is 0. The first-order valence-electron chi connectivity index (χ1n) is 0. The van der Waals surface area contributed by atoms with E-state index < -0.39 is 0 Å². The van der Waals surface area contributed by atoms with E-state index in [1.165, 1.54) is 0 Å². The first-order chi connectivity index (χ1) is 0. The van der Waals surface area contributed by atoms with Gasteiger partial charge in [-0.05, 0) is 0 Å². The predicted molar refractivity (Wildman–Crippen MR) is 25.8 cm³/mol. The van der Waals surface area contributed by atoms with Crippen LogP contribution in [0.25, 0.3) is 0 Å². The van der Waals surface area contributed by atoms with E-state index >= 15 is 0 Å². The zero-order valence-corrected chi connectivity index (χ0v) is 4.96. The quantitative estimate of drug-likeness (QED) is 0.313. The second kappa shape index (κ2) is 19.7. The van der Waals surface area contributed by atoms with Crippen LogP contribution >= 0.6 is 0 Å². The van der Waals surface area contributed by atoms with E-state index in [4.69, 9.17) is 0 Å². The third kappa shape index (κ3) is 8.97. The average molecular weight is 108 g/mol. The Kier molecular flexibility index (Phi) is 181. The third-order valence-electron chi connectivity index (χ3n) is 0. The lowest BCUT2D eigenvalue weighted by Crippen LogP contribution is -0.382. The predicted octanol–water partition coefficient (Wildman–Crippen LogP) is -2.06. The van der Waals surface area contributed by atoms with Crippen molar-refractivity contribution in [1.29, 1.82) is 0 Å². The first-order valence-corrected chi connectivity index (χ1v) is 0. The van der Waals surface area contributed by atoms with E-state index in [0.717, 1.165) is 0 Å². The SMILES string of the molecule is [Al].[Al].[MgH2].[Si].